The highest BCUT2D eigenvalue weighted by Gasteiger charge is 2.51. The molecule has 0 atom stereocenters. The number of hydrogen-bond acceptors (Lipinski definition) is 4. The van der Waals surface area contributed by atoms with E-state index in [1.807, 2.05) is 0 Å². The van der Waals surface area contributed by atoms with Crippen molar-refractivity contribution in [2.75, 3.05) is 12.4 Å². The van der Waals surface area contributed by atoms with Crippen molar-refractivity contribution in [2.24, 2.45) is 30.2 Å². The average Bonchev–Trinajstić information content (AvgIpc) is 2.84. The Morgan fingerprint density at radius 3 is 2.38 bits per heavy atom. The van der Waals surface area contributed by atoms with Gasteiger partial charge in [0.1, 0.15) is 0 Å². The molecule has 130 valence electrons. The number of methoxy groups -OCH3 is 1. The van der Waals surface area contributed by atoms with Gasteiger partial charge in [0.05, 0.1) is 12.8 Å². The highest BCUT2D eigenvalue weighted by Crippen LogP contribution is 2.61. The normalized spacial score (nSPS) is 33.5. The minimum Gasteiger partial charge on any atom is -0.464 e. The lowest BCUT2D eigenvalue weighted by molar-refractivity contribution is -0.124. The van der Waals surface area contributed by atoms with Gasteiger partial charge in [0.15, 0.2) is 5.69 Å². The number of nitrogens with zero attached hydrogens (tertiary/aromatic N) is 2. The van der Waals surface area contributed by atoms with Gasteiger partial charge in [-0.25, -0.2) is 4.79 Å². The number of esters is 1. The summed E-state index contributed by atoms with van der Waals surface area (Å²) in [5.74, 6) is 1.95. The molecule has 4 bridgehead atoms. The summed E-state index contributed by atoms with van der Waals surface area (Å²) in [5.41, 5.74) is 0.796. The molecule has 0 saturated heterocycles. The fourth-order valence-corrected chi connectivity index (χ4v) is 5.87. The Bertz CT molecular complexity index is 644. The Morgan fingerprint density at radius 2 is 1.83 bits per heavy atom. The van der Waals surface area contributed by atoms with E-state index in [-0.39, 0.29) is 17.0 Å². The molecule has 1 aromatic heterocycles. The van der Waals surface area contributed by atoms with Gasteiger partial charge in [-0.1, -0.05) is 0 Å². The largest absolute Gasteiger partial charge is 0.464 e. The number of carbonyl (C=O) groups excluding carboxylic acids is 2. The van der Waals surface area contributed by atoms with Crippen LogP contribution in [-0.4, -0.2) is 28.8 Å². The number of nitrogens with one attached hydrogen (secondary N) is 1. The number of hydrogen-bond donors (Lipinski definition) is 1. The smallest absolute Gasteiger partial charge is 0.360 e. The van der Waals surface area contributed by atoms with Crippen molar-refractivity contribution in [3.05, 3.63) is 11.9 Å². The Morgan fingerprint density at radius 1 is 1.25 bits per heavy atom. The number of aromatic nitrogens is 2. The fourth-order valence-electron chi connectivity index (χ4n) is 5.87. The van der Waals surface area contributed by atoms with Crippen LogP contribution >= 0.6 is 0 Å². The fraction of sp³-hybridized carbons (Fsp3) is 0.722. The van der Waals surface area contributed by atoms with E-state index in [9.17, 15) is 9.59 Å². The van der Waals surface area contributed by atoms with E-state index in [4.69, 9.17) is 4.74 Å². The van der Waals surface area contributed by atoms with Crippen molar-refractivity contribution in [2.45, 2.75) is 44.9 Å². The molecule has 0 aromatic carbocycles. The van der Waals surface area contributed by atoms with Crippen molar-refractivity contribution in [3.8, 4) is 0 Å². The lowest BCUT2D eigenvalue weighted by Gasteiger charge is -2.56. The predicted octanol–water partition coefficient (Wildman–Crippen LogP) is 2.75. The van der Waals surface area contributed by atoms with Gasteiger partial charge in [-0.3, -0.25) is 9.48 Å². The minimum absolute atomic E-state index is 0.00453. The average molecular weight is 331 g/mol. The maximum absolute atomic E-state index is 12.7. The van der Waals surface area contributed by atoms with Gasteiger partial charge >= 0.3 is 5.97 Å². The molecular weight excluding hydrogens is 306 g/mol. The van der Waals surface area contributed by atoms with Crippen LogP contribution < -0.4 is 5.32 Å². The molecule has 24 heavy (non-hydrogen) atoms. The first kappa shape index (κ1) is 15.7. The quantitative estimate of drug-likeness (QED) is 0.861. The van der Waals surface area contributed by atoms with Gasteiger partial charge in [0, 0.05) is 19.7 Å². The third-order valence-corrected chi connectivity index (χ3v) is 6.18. The van der Waals surface area contributed by atoms with Crippen LogP contribution in [0.25, 0.3) is 0 Å². The highest BCUT2D eigenvalue weighted by molar-refractivity contribution is 5.99. The van der Waals surface area contributed by atoms with E-state index in [1.54, 1.807) is 13.2 Å². The maximum Gasteiger partial charge on any atom is 0.360 e. The Labute approximate surface area is 141 Å². The summed E-state index contributed by atoms with van der Waals surface area (Å²) in [4.78, 5) is 24.5. The van der Waals surface area contributed by atoms with Crippen molar-refractivity contribution < 1.29 is 14.3 Å². The molecule has 4 aliphatic carbocycles. The van der Waals surface area contributed by atoms with E-state index in [2.05, 4.69) is 10.4 Å². The summed E-state index contributed by atoms with van der Waals surface area (Å²) < 4.78 is 6.26. The van der Waals surface area contributed by atoms with Gasteiger partial charge < -0.3 is 10.1 Å². The second kappa shape index (κ2) is 5.60. The second-order valence-electron chi connectivity index (χ2n) is 8.20. The first-order valence-corrected chi connectivity index (χ1v) is 8.88. The molecule has 1 aromatic rings. The number of ether oxygens (including phenoxy) is 1. The van der Waals surface area contributed by atoms with Gasteiger partial charge in [0.25, 0.3) is 0 Å². The van der Waals surface area contributed by atoms with Crippen LogP contribution in [0, 0.1) is 23.2 Å². The molecule has 0 aliphatic heterocycles. The third kappa shape index (κ3) is 2.72. The van der Waals surface area contributed by atoms with E-state index < -0.39 is 5.97 Å². The molecular formula is C18H25N3O3. The third-order valence-electron chi connectivity index (χ3n) is 6.18. The Kier molecular flexibility index (Phi) is 3.66. The van der Waals surface area contributed by atoms with Crippen LogP contribution in [0.1, 0.15) is 55.4 Å². The van der Waals surface area contributed by atoms with Gasteiger partial charge in [-0.2, -0.15) is 5.10 Å². The molecule has 4 fully saturated rings. The van der Waals surface area contributed by atoms with Crippen LogP contribution in [0.2, 0.25) is 0 Å². The van der Waals surface area contributed by atoms with E-state index in [1.165, 1.54) is 50.3 Å². The maximum atomic E-state index is 12.7. The molecule has 6 nitrogen and oxygen atoms in total. The van der Waals surface area contributed by atoms with Crippen molar-refractivity contribution in [1.29, 1.82) is 0 Å². The summed E-state index contributed by atoms with van der Waals surface area (Å²) in [6.07, 6.45) is 9.92. The van der Waals surface area contributed by atoms with E-state index in [0.717, 1.165) is 17.8 Å². The number of anilines is 1. The monoisotopic (exact) mass is 331 g/mol. The van der Waals surface area contributed by atoms with Crippen LogP contribution in [0.5, 0.6) is 0 Å². The van der Waals surface area contributed by atoms with E-state index >= 15 is 0 Å². The molecule has 0 radical (unpaired) electrons. The van der Waals surface area contributed by atoms with Crippen molar-refractivity contribution in [1.82, 2.24) is 9.78 Å². The number of rotatable bonds is 4. The molecule has 1 heterocycles. The predicted molar refractivity (Wildman–Crippen MR) is 88.4 cm³/mol. The number of amides is 1. The van der Waals surface area contributed by atoms with Crippen LogP contribution in [0.15, 0.2) is 6.20 Å². The van der Waals surface area contributed by atoms with E-state index in [0.29, 0.717) is 12.1 Å². The second-order valence-corrected chi connectivity index (χ2v) is 8.20. The Balaban J connectivity index is 1.47. The van der Waals surface area contributed by atoms with Gasteiger partial charge in [-0.15, -0.1) is 0 Å². The number of aryl methyl sites for hydroxylation is 1. The molecule has 0 spiro atoms. The molecule has 4 saturated carbocycles. The SMILES string of the molecule is COC(=O)c1nn(C)cc1NC(=O)CC12CC3CC(CC(C3)C1)C2. The molecule has 1 amide bonds. The zero-order valence-electron chi connectivity index (χ0n) is 14.4. The summed E-state index contributed by atoms with van der Waals surface area (Å²) in [6, 6.07) is 0. The first-order valence-electron chi connectivity index (χ1n) is 8.88. The molecule has 5 rings (SSSR count). The summed E-state index contributed by atoms with van der Waals surface area (Å²) in [5, 5.41) is 6.99. The van der Waals surface area contributed by atoms with Crippen LogP contribution in [0.3, 0.4) is 0 Å². The van der Waals surface area contributed by atoms with Crippen LogP contribution in [0.4, 0.5) is 5.69 Å². The number of carbonyl (C=O) groups is 2. The standard InChI is InChI=1S/C18H25N3O3/c1-21-10-14(16(20-21)17(23)24-2)19-15(22)9-18-6-11-3-12(7-18)5-13(4-11)8-18/h10-13H,3-9H2,1-2H3,(H,19,22). The van der Waals surface area contributed by atoms with Crippen LogP contribution in [-0.2, 0) is 16.6 Å². The van der Waals surface area contributed by atoms with Crippen molar-refractivity contribution in [3.63, 3.8) is 0 Å². The summed E-state index contributed by atoms with van der Waals surface area (Å²) in [7, 11) is 3.04. The minimum atomic E-state index is -0.527. The van der Waals surface area contributed by atoms with Gasteiger partial charge in [0.2, 0.25) is 5.91 Å². The molecule has 6 heteroatoms. The van der Waals surface area contributed by atoms with Gasteiger partial charge in [-0.05, 0) is 61.7 Å². The lowest BCUT2D eigenvalue weighted by Crippen LogP contribution is -2.47. The molecule has 1 N–H and O–H groups in total. The first-order chi connectivity index (χ1) is 11.5. The topological polar surface area (TPSA) is 73.2 Å². The van der Waals surface area contributed by atoms with Crippen molar-refractivity contribution >= 4 is 17.6 Å². The summed E-state index contributed by atoms with van der Waals surface area (Å²) >= 11 is 0. The zero-order valence-corrected chi connectivity index (χ0v) is 14.4. The molecule has 4 aliphatic rings. The Hall–Kier alpha value is -1.85. The zero-order chi connectivity index (χ0) is 16.9. The molecule has 0 unspecified atom stereocenters. The lowest BCUT2D eigenvalue weighted by atomic mass is 9.49. The highest BCUT2D eigenvalue weighted by atomic mass is 16.5. The summed E-state index contributed by atoms with van der Waals surface area (Å²) in [6.45, 7) is 0.